The van der Waals surface area contributed by atoms with E-state index in [9.17, 15) is 18.0 Å². The van der Waals surface area contributed by atoms with Crippen LogP contribution in [0.3, 0.4) is 0 Å². The summed E-state index contributed by atoms with van der Waals surface area (Å²) >= 11 is 6.63. The third kappa shape index (κ3) is 12.0. The predicted molar refractivity (Wildman–Crippen MR) is 166 cm³/mol. The van der Waals surface area contributed by atoms with Crippen LogP contribution < -0.4 is 11.1 Å². The maximum Gasteiger partial charge on any atom is 0.412 e. The minimum Gasteiger partial charge on any atom is -0.465 e. The Morgan fingerprint density at radius 2 is 1.45 bits per heavy atom. The Labute approximate surface area is 251 Å². The Hall–Kier alpha value is -3.04. The van der Waals surface area contributed by atoms with Crippen LogP contribution in [-0.2, 0) is 4.74 Å². The molecule has 1 atom stereocenters. The molecular weight excluding hydrogens is 649 g/mol. The number of nitrogens with two attached hydrogens (primary N) is 1. The van der Waals surface area contributed by atoms with Gasteiger partial charge in [-0.3, -0.25) is 0 Å². The fraction of sp³-hybridized carbons (Fsp3) is 0.258. The Balaban J connectivity index is 0.000000675. The van der Waals surface area contributed by atoms with Gasteiger partial charge in [0.1, 0.15) is 6.04 Å². The first-order valence-electron chi connectivity index (χ1n) is 12.6. The van der Waals surface area contributed by atoms with Gasteiger partial charge in [0.2, 0.25) is 0 Å². The Morgan fingerprint density at radius 3 is 1.88 bits per heavy atom. The van der Waals surface area contributed by atoms with Crippen LogP contribution in [0.2, 0.25) is 0 Å². The molecule has 216 valence electrons. The van der Waals surface area contributed by atoms with Gasteiger partial charge in [-0.25, -0.2) is 4.79 Å². The molecule has 3 aromatic rings. The molecule has 9 heteroatoms. The molecule has 0 saturated heterocycles. The number of anilines is 1. The van der Waals surface area contributed by atoms with Gasteiger partial charge in [-0.1, -0.05) is 95.1 Å². The van der Waals surface area contributed by atoms with Crippen LogP contribution in [-0.4, -0.2) is 19.3 Å². The number of hydrogen-bond acceptors (Lipinski definition) is 4. The van der Waals surface area contributed by atoms with Crippen molar-refractivity contribution in [3.05, 3.63) is 111 Å². The molecule has 3 rings (SSSR count). The van der Waals surface area contributed by atoms with E-state index in [4.69, 9.17) is 5.73 Å². The summed E-state index contributed by atoms with van der Waals surface area (Å²) in [6, 6.07) is 18.6. The number of halogens is 5. The van der Waals surface area contributed by atoms with E-state index in [0.29, 0.717) is 11.3 Å². The fourth-order valence-electron chi connectivity index (χ4n) is 3.21. The van der Waals surface area contributed by atoms with Gasteiger partial charge in [-0.15, -0.1) is 0 Å². The molecule has 3 aromatic carbocycles. The van der Waals surface area contributed by atoms with Crippen LogP contribution in [0.15, 0.2) is 99.6 Å². The first kappa shape index (κ1) is 35.0. The largest absolute Gasteiger partial charge is 0.465 e. The number of esters is 1. The lowest BCUT2D eigenvalue weighted by atomic mass is 9.99. The monoisotopic (exact) mass is 682 g/mol. The first-order valence-corrected chi connectivity index (χ1v) is 14.2. The molecule has 0 spiro atoms. The van der Waals surface area contributed by atoms with Gasteiger partial charge in [0.05, 0.1) is 12.7 Å². The molecule has 3 N–H and O–H groups in total. The third-order valence-electron chi connectivity index (χ3n) is 5.30. The molecule has 0 amide bonds. The molecule has 4 nitrogen and oxygen atoms in total. The molecule has 40 heavy (non-hydrogen) atoms. The summed E-state index contributed by atoms with van der Waals surface area (Å²) in [7, 11) is 1.30. The van der Waals surface area contributed by atoms with Crippen LogP contribution in [0.4, 0.5) is 18.9 Å². The van der Waals surface area contributed by atoms with E-state index in [2.05, 4.69) is 41.9 Å². The summed E-state index contributed by atoms with van der Waals surface area (Å²) in [5.41, 5.74) is 8.67. The number of ether oxygens (including phenoxy) is 1. The van der Waals surface area contributed by atoms with Gasteiger partial charge in [-0.2, -0.15) is 13.2 Å². The molecular formula is C31H35Br2F3N2O2. The number of nitrogens with one attached hydrogen (secondary N) is 1. The van der Waals surface area contributed by atoms with E-state index in [0.717, 1.165) is 32.2 Å². The fourth-order valence-corrected chi connectivity index (χ4v) is 3.61. The highest BCUT2D eigenvalue weighted by atomic mass is 79.9. The van der Waals surface area contributed by atoms with E-state index >= 15 is 0 Å². The second-order valence-electron chi connectivity index (χ2n) is 8.18. The van der Waals surface area contributed by atoms with Crippen LogP contribution in [0.1, 0.15) is 56.1 Å². The molecule has 0 radical (unpaired) electrons. The van der Waals surface area contributed by atoms with Crippen molar-refractivity contribution in [1.29, 1.82) is 0 Å². The summed E-state index contributed by atoms with van der Waals surface area (Å²) in [5.74, 6) is -0.444. The van der Waals surface area contributed by atoms with Crippen molar-refractivity contribution < 1.29 is 22.7 Å². The lowest BCUT2D eigenvalue weighted by molar-refractivity contribution is -0.155. The molecule has 0 aromatic heterocycles. The maximum atomic E-state index is 13.7. The second kappa shape index (κ2) is 17.6. The number of hydrogen-bond donors (Lipinski definition) is 2. The second-order valence-corrected chi connectivity index (χ2v) is 10.1. The minimum atomic E-state index is -4.45. The number of benzene rings is 3. The molecule has 0 saturated carbocycles. The lowest BCUT2D eigenvalue weighted by Gasteiger charge is -2.23. The number of rotatable bonds is 7. The third-order valence-corrected chi connectivity index (χ3v) is 6.66. The van der Waals surface area contributed by atoms with E-state index in [1.165, 1.54) is 19.2 Å². The molecule has 0 fully saturated rings. The predicted octanol–water partition coefficient (Wildman–Crippen LogP) is 9.98. The molecule has 0 aliphatic heterocycles. The molecule has 1 unspecified atom stereocenters. The SMILES string of the molecule is CC.CC/C(Br)=C\C=C(/C)NC(c1ccc(-c2ccc(C(=O)OC)cc2)cc1)C(F)(F)F.Nc1ccc(Br)cc1. The van der Waals surface area contributed by atoms with Crippen LogP contribution in [0.25, 0.3) is 11.1 Å². The zero-order chi connectivity index (χ0) is 30.3. The van der Waals surface area contributed by atoms with E-state index in [-0.39, 0.29) is 5.56 Å². The smallest absolute Gasteiger partial charge is 0.412 e. The molecule has 0 bridgehead atoms. The number of nitrogen functional groups attached to an aromatic ring is 1. The Kier molecular flexibility index (Phi) is 15.4. The Morgan fingerprint density at radius 1 is 0.950 bits per heavy atom. The number of carbonyl (C=O) groups is 1. The van der Waals surface area contributed by atoms with Gasteiger partial charge < -0.3 is 15.8 Å². The average molecular weight is 684 g/mol. The van der Waals surface area contributed by atoms with Crippen molar-refractivity contribution in [2.45, 2.75) is 46.3 Å². The summed E-state index contributed by atoms with van der Waals surface area (Å²) < 4.78 is 47.6. The Bertz CT molecular complexity index is 1220. The molecule has 0 aliphatic rings. The summed E-state index contributed by atoms with van der Waals surface area (Å²) in [6.45, 7) is 7.54. The highest BCUT2D eigenvalue weighted by Gasteiger charge is 2.40. The van der Waals surface area contributed by atoms with Crippen molar-refractivity contribution in [1.82, 2.24) is 5.32 Å². The first-order chi connectivity index (χ1) is 18.9. The van der Waals surface area contributed by atoms with Gasteiger partial charge in [0, 0.05) is 15.9 Å². The normalized spacial score (nSPS) is 12.2. The zero-order valence-corrected chi connectivity index (χ0v) is 26.3. The van der Waals surface area contributed by atoms with Gasteiger partial charge in [0.15, 0.2) is 0 Å². The van der Waals surface area contributed by atoms with Crippen molar-refractivity contribution in [3.8, 4) is 11.1 Å². The summed E-state index contributed by atoms with van der Waals surface area (Å²) in [6.07, 6.45) is -0.348. The van der Waals surface area contributed by atoms with Crippen molar-refractivity contribution in [3.63, 3.8) is 0 Å². The van der Waals surface area contributed by atoms with E-state index in [1.807, 2.05) is 45.0 Å². The van der Waals surface area contributed by atoms with Crippen LogP contribution >= 0.6 is 31.9 Å². The topological polar surface area (TPSA) is 64.3 Å². The molecule has 0 aliphatic carbocycles. The molecule has 0 heterocycles. The van der Waals surface area contributed by atoms with Gasteiger partial charge >= 0.3 is 12.1 Å². The number of allylic oxidation sites excluding steroid dienone is 4. The quantitative estimate of drug-likeness (QED) is 0.148. The summed E-state index contributed by atoms with van der Waals surface area (Å²) in [4.78, 5) is 11.5. The standard InChI is InChI=1S/C23H23BrF3NO2.C6H6BrN.C2H6/c1-4-20(24)14-5-15(2)28-21(23(25,26)27)18-10-6-16(7-11-18)17-8-12-19(13-9-17)22(29)30-3;7-5-1-3-6(8)4-2-5;1-2/h5-14,21,28H,4H2,1-3H3;1-4H,8H2;1-2H3/b15-5+,20-14+;;. The van der Waals surface area contributed by atoms with Crippen LogP contribution in [0, 0.1) is 0 Å². The average Bonchev–Trinajstić information content (AvgIpc) is 2.96. The number of alkyl halides is 3. The number of carbonyl (C=O) groups excluding carboxylic acids is 1. The van der Waals surface area contributed by atoms with Crippen LogP contribution in [0.5, 0.6) is 0 Å². The van der Waals surface area contributed by atoms with Gasteiger partial charge in [-0.05, 0) is 77.0 Å². The highest BCUT2D eigenvalue weighted by Crippen LogP contribution is 2.34. The van der Waals surface area contributed by atoms with E-state index < -0.39 is 18.2 Å². The zero-order valence-electron chi connectivity index (χ0n) is 23.2. The van der Waals surface area contributed by atoms with Crippen molar-refractivity contribution >= 4 is 43.5 Å². The van der Waals surface area contributed by atoms with Gasteiger partial charge in [0.25, 0.3) is 0 Å². The maximum absolute atomic E-state index is 13.7. The number of methoxy groups -OCH3 is 1. The summed E-state index contributed by atoms with van der Waals surface area (Å²) in [5, 5.41) is 2.56. The van der Waals surface area contributed by atoms with Crippen molar-refractivity contribution in [2.24, 2.45) is 0 Å². The van der Waals surface area contributed by atoms with E-state index in [1.54, 1.807) is 55.5 Å². The lowest BCUT2D eigenvalue weighted by Crippen LogP contribution is -2.33. The minimum absolute atomic E-state index is 0.115. The highest BCUT2D eigenvalue weighted by molar-refractivity contribution is 9.11. The van der Waals surface area contributed by atoms with Crippen molar-refractivity contribution in [2.75, 3.05) is 12.8 Å².